The van der Waals surface area contributed by atoms with Crippen molar-refractivity contribution in [2.24, 2.45) is 5.73 Å². The van der Waals surface area contributed by atoms with Gasteiger partial charge in [0.1, 0.15) is 0 Å². The third-order valence-corrected chi connectivity index (χ3v) is 2.72. The molecule has 17 heavy (non-hydrogen) atoms. The molecular formula is C13H15N3O. The topological polar surface area (TPSA) is 71.8 Å². The molecule has 4 nitrogen and oxygen atoms in total. The third kappa shape index (κ3) is 2.36. The van der Waals surface area contributed by atoms with Crippen LogP contribution in [0.15, 0.2) is 30.7 Å². The maximum atomic E-state index is 11.3. The van der Waals surface area contributed by atoms with Crippen molar-refractivity contribution < 1.29 is 4.79 Å². The molecule has 0 unspecified atom stereocenters. The molecule has 0 aliphatic rings. The molecule has 3 N–H and O–H groups in total. The lowest BCUT2D eigenvalue weighted by atomic mass is 9.96. The predicted octanol–water partition coefficient (Wildman–Crippen LogP) is 2.30. The third-order valence-electron chi connectivity index (χ3n) is 2.72. The molecule has 2 aromatic rings. The van der Waals surface area contributed by atoms with Crippen LogP contribution in [-0.4, -0.2) is 15.9 Å². The Morgan fingerprint density at radius 2 is 2.12 bits per heavy atom. The van der Waals surface area contributed by atoms with E-state index in [0.29, 0.717) is 11.5 Å². The number of aromatic amines is 1. The first-order chi connectivity index (χ1) is 8.08. The molecule has 1 heterocycles. The van der Waals surface area contributed by atoms with Crippen LogP contribution in [0, 0.1) is 0 Å². The molecule has 1 aromatic carbocycles. The lowest BCUT2D eigenvalue weighted by molar-refractivity contribution is 0.1000. The molecule has 0 saturated carbocycles. The van der Waals surface area contributed by atoms with Crippen LogP contribution in [0.25, 0.3) is 11.3 Å². The summed E-state index contributed by atoms with van der Waals surface area (Å²) in [7, 11) is 0. The lowest BCUT2D eigenvalue weighted by Crippen LogP contribution is -2.11. The fourth-order valence-electron chi connectivity index (χ4n) is 1.70. The second kappa shape index (κ2) is 4.41. The van der Waals surface area contributed by atoms with E-state index < -0.39 is 5.91 Å². The maximum Gasteiger partial charge on any atom is 0.248 e. The summed E-state index contributed by atoms with van der Waals surface area (Å²) in [5, 5.41) is 0. The minimum absolute atomic E-state index is 0.343. The number of carbonyl (C=O) groups is 1. The van der Waals surface area contributed by atoms with Gasteiger partial charge in [0.05, 0.1) is 18.2 Å². The number of nitrogens with two attached hydrogens (primary N) is 1. The number of amides is 1. The summed E-state index contributed by atoms with van der Waals surface area (Å²) in [5.74, 6) is -0.0655. The second-order valence-corrected chi connectivity index (χ2v) is 4.33. The van der Waals surface area contributed by atoms with Gasteiger partial charge in [0, 0.05) is 11.1 Å². The van der Waals surface area contributed by atoms with Crippen LogP contribution in [0.2, 0.25) is 0 Å². The smallest absolute Gasteiger partial charge is 0.248 e. The average Bonchev–Trinajstić information content (AvgIpc) is 2.81. The Hall–Kier alpha value is -2.10. The molecule has 1 amide bonds. The minimum atomic E-state index is -0.409. The van der Waals surface area contributed by atoms with E-state index in [1.807, 2.05) is 12.1 Å². The van der Waals surface area contributed by atoms with Gasteiger partial charge in [0.25, 0.3) is 0 Å². The van der Waals surface area contributed by atoms with Crippen molar-refractivity contribution in [1.29, 1.82) is 0 Å². The Balaban J connectivity index is 2.56. The minimum Gasteiger partial charge on any atom is -0.366 e. The van der Waals surface area contributed by atoms with Crippen molar-refractivity contribution >= 4 is 5.91 Å². The highest BCUT2D eigenvalue weighted by molar-refractivity contribution is 5.94. The Labute approximate surface area is 99.9 Å². The Bertz CT molecular complexity index is 530. The van der Waals surface area contributed by atoms with E-state index in [9.17, 15) is 4.79 Å². The molecule has 0 radical (unpaired) electrons. The van der Waals surface area contributed by atoms with Gasteiger partial charge in [0.15, 0.2) is 0 Å². The van der Waals surface area contributed by atoms with E-state index in [-0.39, 0.29) is 0 Å². The van der Waals surface area contributed by atoms with Crippen LogP contribution in [0.4, 0.5) is 0 Å². The van der Waals surface area contributed by atoms with Gasteiger partial charge in [-0.3, -0.25) is 4.79 Å². The Morgan fingerprint density at radius 3 is 2.65 bits per heavy atom. The van der Waals surface area contributed by atoms with E-state index in [4.69, 9.17) is 5.73 Å². The maximum absolute atomic E-state index is 11.3. The summed E-state index contributed by atoms with van der Waals surface area (Å²) < 4.78 is 0. The van der Waals surface area contributed by atoms with Crippen LogP contribution in [0.5, 0.6) is 0 Å². The summed E-state index contributed by atoms with van der Waals surface area (Å²) in [5.41, 5.74) is 8.77. The molecule has 0 fully saturated rings. The highest BCUT2D eigenvalue weighted by atomic mass is 16.1. The molecule has 0 saturated heterocycles. The molecule has 88 valence electrons. The molecule has 0 spiro atoms. The second-order valence-electron chi connectivity index (χ2n) is 4.33. The summed E-state index contributed by atoms with van der Waals surface area (Å²) >= 11 is 0. The fourth-order valence-corrected chi connectivity index (χ4v) is 1.70. The number of nitrogens with one attached hydrogen (secondary N) is 1. The number of carbonyl (C=O) groups excluding carboxylic acids is 1. The van der Waals surface area contributed by atoms with Crippen molar-refractivity contribution in [3.8, 4) is 11.3 Å². The van der Waals surface area contributed by atoms with Gasteiger partial charge in [-0.1, -0.05) is 13.8 Å². The first-order valence-corrected chi connectivity index (χ1v) is 5.51. The number of hydrogen-bond acceptors (Lipinski definition) is 2. The van der Waals surface area contributed by atoms with Gasteiger partial charge in [-0.15, -0.1) is 0 Å². The molecule has 4 heteroatoms. The van der Waals surface area contributed by atoms with E-state index >= 15 is 0 Å². The van der Waals surface area contributed by atoms with Gasteiger partial charge in [-0.25, -0.2) is 4.98 Å². The number of nitrogens with zero attached hydrogens (tertiary/aromatic N) is 1. The molecule has 1 aromatic heterocycles. The molecule has 0 bridgehead atoms. The van der Waals surface area contributed by atoms with E-state index in [2.05, 4.69) is 23.8 Å². The van der Waals surface area contributed by atoms with Gasteiger partial charge >= 0.3 is 0 Å². The SMILES string of the molecule is CC(C)c1cc(C(N)=O)cc(-c2cnc[nH]2)c1. The molecule has 0 aliphatic carbocycles. The van der Waals surface area contributed by atoms with E-state index in [0.717, 1.165) is 16.8 Å². The van der Waals surface area contributed by atoms with E-state index in [1.165, 1.54) is 0 Å². The Morgan fingerprint density at radius 1 is 1.35 bits per heavy atom. The van der Waals surface area contributed by atoms with Crippen molar-refractivity contribution in [3.63, 3.8) is 0 Å². The van der Waals surface area contributed by atoms with Gasteiger partial charge in [0.2, 0.25) is 5.91 Å². The number of H-pyrrole nitrogens is 1. The normalized spacial score (nSPS) is 10.8. The fraction of sp³-hybridized carbons (Fsp3) is 0.231. The number of aromatic nitrogens is 2. The van der Waals surface area contributed by atoms with Crippen LogP contribution in [0.1, 0.15) is 35.7 Å². The Kier molecular flexibility index (Phi) is 2.95. The molecular weight excluding hydrogens is 214 g/mol. The predicted molar refractivity (Wildman–Crippen MR) is 66.6 cm³/mol. The van der Waals surface area contributed by atoms with Gasteiger partial charge in [-0.2, -0.15) is 0 Å². The van der Waals surface area contributed by atoms with Gasteiger partial charge in [-0.05, 0) is 29.7 Å². The van der Waals surface area contributed by atoms with Crippen LogP contribution in [0.3, 0.4) is 0 Å². The summed E-state index contributed by atoms with van der Waals surface area (Å²) in [6.45, 7) is 4.16. The number of primary amides is 1. The molecule has 0 atom stereocenters. The summed E-state index contributed by atoms with van der Waals surface area (Å²) in [6, 6.07) is 5.67. The van der Waals surface area contributed by atoms with Crippen molar-refractivity contribution in [2.75, 3.05) is 0 Å². The monoisotopic (exact) mass is 229 g/mol. The zero-order chi connectivity index (χ0) is 12.4. The number of rotatable bonds is 3. The quantitative estimate of drug-likeness (QED) is 0.847. The van der Waals surface area contributed by atoms with Crippen molar-refractivity contribution in [1.82, 2.24) is 9.97 Å². The molecule has 2 rings (SSSR count). The zero-order valence-electron chi connectivity index (χ0n) is 9.90. The summed E-state index contributed by atoms with van der Waals surface area (Å²) in [4.78, 5) is 18.3. The first kappa shape index (κ1) is 11.4. The van der Waals surface area contributed by atoms with Crippen LogP contribution >= 0.6 is 0 Å². The van der Waals surface area contributed by atoms with Gasteiger partial charge < -0.3 is 10.7 Å². The number of benzene rings is 1. The largest absolute Gasteiger partial charge is 0.366 e. The average molecular weight is 229 g/mol. The van der Waals surface area contributed by atoms with Crippen LogP contribution in [-0.2, 0) is 0 Å². The lowest BCUT2D eigenvalue weighted by Gasteiger charge is -2.09. The van der Waals surface area contributed by atoms with Crippen molar-refractivity contribution in [3.05, 3.63) is 41.9 Å². The zero-order valence-corrected chi connectivity index (χ0v) is 9.90. The first-order valence-electron chi connectivity index (χ1n) is 5.51. The number of imidazole rings is 1. The summed E-state index contributed by atoms with van der Waals surface area (Å²) in [6.07, 6.45) is 3.34. The molecule has 0 aliphatic heterocycles. The van der Waals surface area contributed by atoms with Crippen LogP contribution < -0.4 is 5.73 Å². The number of hydrogen-bond donors (Lipinski definition) is 2. The van der Waals surface area contributed by atoms with Crippen molar-refractivity contribution in [2.45, 2.75) is 19.8 Å². The highest BCUT2D eigenvalue weighted by Gasteiger charge is 2.09. The van der Waals surface area contributed by atoms with E-state index in [1.54, 1.807) is 18.6 Å². The standard InChI is InChI=1S/C13H15N3O/c1-8(2)9-3-10(12-6-15-7-16-12)5-11(4-9)13(14)17/h3-8H,1-2H3,(H2,14,17)(H,15,16). The highest BCUT2D eigenvalue weighted by Crippen LogP contribution is 2.24.